The summed E-state index contributed by atoms with van der Waals surface area (Å²) in [5, 5.41) is 10.2. The number of thioether (sulfide) groups is 1. The maximum Gasteiger partial charge on any atom is 0.168 e. The van der Waals surface area contributed by atoms with Crippen LogP contribution in [0.5, 0.6) is 5.75 Å². The lowest BCUT2D eigenvalue weighted by Crippen LogP contribution is -2.05. The second-order valence-electron chi connectivity index (χ2n) is 3.83. The summed E-state index contributed by atoms with van der Waals surface area (Å²) in [6.45, 7) is 0.708. The Labute approximate surface area is 111 Å². The van der Waals surface area contributed by atoms with Gasteiger partial charge in [0.2, 0.25) is 0 Å². The number of rotatable bonds is 5. The Morgan fingerprint density at radius 2 is 2.06 bits per heavy atom. The topological polar surface area (TPSA) is 47.3 Å². The van der Waals surface area contributed by atoms with Crippen molar-refractivity contribution in [2.24, 2.45) is 0 Å². The number of imidazole rings is 1. The van der Waals surface area contributed by atoms with E-state index in [9.17, 15) is 5.11 Å². The van der Waals surface area contributed by atoms with E-state index in [0.717, 1.165) is 22.2 Å². The molecule has 18 heavy (non-hydrogen) atoms. The number of aliphatic hydroxyl groups is 1. The summed E-state index contributed by atoms with van der Waals surface area (Å²) in [6, 6.07) is 7.90. The number of ether oxygens (including phenoxy) is 1. The maximum atomic E-state index is 9.30. The van der Waals surface area contributed by atoms with Crippen LogP contribution in [0.2, 0.25) is 0 Å². The highest BCUT2D eigenvalue weighted by Crippen LogP contribution is 2.19. The number of hydrogen-bond donors (Lipinski definition) is 1. The standard InChI is InChI=1S/C13H16N2O2S/c1-17-12-5-3-10(4-6-12)8-15-11(9-16)7-14-13(15)18-2/h3-7,16H,8-9H2,1-2H3. The van der Waals surface area contributed by atoms with Crippen LogP contribution in [0.3, 0.4) is 0 Å². The summed E-state index contributed by atoms with van der Waals surface area (Å²) in [6.07, 6.45) is 3.70. The van der Waals surface area contributed by atoms with Crippen LogP contribution in [0.1, 0.15) is 11.3 Å². The smallest absolute Gasteiger partial charge is 0.168 e. The Morgan fingerprint density at radius 1 is 1.33 bits per heavy atom. The molecule has 5 heteroatoms. The minimum Gasteiger partial charge on any atom is -0.497 e. The fraction of sp³-hybridized carbons (Fsp3) is 0.308. The molecule has 0 radical (unpaired) electrons. The summed E-state index contributed by atoms with van der Waals surface area (Å²) in [5.74, 6) is 0.844. The molecule has 0 fully saturated rings. The SMILES string of the molecule is COc1ccc(Cn2c(CO)cnc2SC)cc1. The molecule has 0 saturated heterocycles. The Morgan fingerprint density at radius 3 is 2.61 bits per heavy atom. The first-order valence-corrected chi connectivity index (χ1v) is 6.83. The van der Waals surface area contributed by atoms with Gasteiger partial charge in [0.05, 0.1) is 25.6 Å². The van der Waals surface area contributed by atoms with Crippen molar-refractivity contribution in [3.63, 3.8) is 0 Å². The van der Waals surface area contributed by atoms with Crippen molar-refractivity contribution in [2.75, 3.05) is 13.4 Å². The van der Waals surface area contributed by atoms with E-state index in [1.54, 1.807) is 25.1 Å². The summed E-state index contributed by atoms with van der Waals surface area (Å²) in [4.78, 5) is 4.28. The second kappa shape index (κ2) is 5.93. The molecule has 96 valence electrons. The van der Waals surface area contributed by atoms with Crippen LogP contribution in [-0.2, 0) is 13.2 Å². The molecule has 1 heterocycles. The zero-order valence-corrected chi connectivity index (χ0v) is 11.3. The van der Waals surface area contributed by atoms with Gasteiger partial charge in [0.1, 0.15) is 5.75 Å². The highest BCUT2D eigenvalue weighted by molar-refractivity contribution is 7.98. The minimum atomic E-state index is 0.00369. The molecule has 2 aromatic rings. The summed E-state index contributed by atoms with van der Waals surface area (Å²) < 4.78 is 7.15. The molecule has 1 N–H and O–H groups in total. The third-order valence-corrected chi connectivity index (χ3v) is 3.44. The van der Waals surface area contributed by atoms with Crippen LogP contribution in [-0.4, -0.2) is 28.0 Å². The van der Waals surface area contributed by atoms with E-state index < -0.39 is 0 Å². The molecule has 0 aliphatic rings. The van der Waals surface area contributed by atoms with Gasteiger partial charge in [-0.3, -0.25) is 0 Å². The van der Waals surface area contributed by atoms with Crippen molar-refractivity contribution in [2.45, 2.75) is 18.3 Å². The molecular weight excluding hydrogens is 248 g/mol. The molecule has 1 aromatic carbocycles. The number of hydrogen-bond acceptors (Lipinski definition) is 4. The fourth-order valence-electron chi connectivity index (χ4n) is 1.76. The van der Waals surface area contributed by atoms with E-state index in [-0.39, 0.29) is 6.61 Å². The quantitative estimate of drug-likeness (QED) is 0.841. The lowest BCUT2D eigenvalue weighted by molar-refractivity contribution is 0.270. The van der Waals surface area contributed by atoms with Gasteiger partial charge < -0.3 is 14.4 Å². The molecule has 0 aliphatic heterocycles. The van der Waals surface area contributed by atoms with Gasteiger partial charge in [-0.1, -0.05) is 23.9 Å². The predicted molar refractivity (Wildman–Crippen MR) is 72.0 cm³/mol. The van der Waals surface area contributed by atoms with Gasteiger partial charge in [0, 0.05) is 6.54 Å². The third kappa shape index (κ3) is 2.68. The van der Waals surface area contributed by atoms with Crippen LogP contribution >= 0.6 is 11.8 Å². The highest BCUT2D eigenvalue weighted by atomic mass is 32.2. The number of methoxy groups -OCH3 is 1. The van der Waals surface area contributed by atoms with E-state index in [0.29, 0.717) is 6.54 Å². The van der Waals surface area contributed by atoms with Gasteiger partial charge in [-0.05, 0) is 24.0 Å². The molecule has 0 saturated carbocycles. The maximum absolute atomic E-state index is 9.30. The first kappa shape index (κ1) is 13.0. The van der Waals surface area contributed by atoms with Gasteiger partial charge in [-0.2, -0.15) is 0 Å². The number of benzene rings is 1. The number of aliphatic hydroxyl groups excluding tert-OH is 1. The normalized spacial score (nSPS) is 10.6. The first-order chi connectivity index (χ1) is 8.78. The van der Waals surface area contributed by atoms with Gasteiger partial charge in [-0.25, -0.2) is 4.98 Å². The van der Waals surface area contributed by atoms with Crippen LogP contribution in [0.4, 0.5) is 0 Å². The van der Waals surface area contributed by atoms with E-state index in [1.165, 1.54) is 0 Å². The van der Waals surface area contributed by atoms with Crippen molar-refractivity contribution < 1.29 is 9.84 Å². The fourth-order valence-corrected chi connectivity index (χ4v) is 2.32. The molecular formula is C13H16N2O2S. The minimum absolute atomic E-state index is 0.00369. The largest absolute Gasteiger partial charge is 0.497 e. The molecule has 0 atom stereocenters. The Balaban J connectivity index is 2.24. The summed E-state index contributed by atoms with van der Waals surface area (Å²) in [7, 11) is 1.65. The van der Waals surface area contributed by atoms with Gasteiger partial charge >= 0.3 is 0 Å². The van der Waals surface area contributed by atoms with Crippen LogP contribution < -0.4 is 4.74 Å². The van der Waals surface area contributed by atoms with Crippen LogP contribution in [0.25, 0.3) is 0 Å². The van der Waals surface area contributed by atoms with Crippen molar-refractivity contribution in [1.29, 1.82) is 0 Å². The summed E-state index contributed by atoms with van der Waals surface area (Å²) >= 11 is 1.57. The van der Waals surface area contributed by atoms with Crippen LogP contribution in [0.15, 0.2) is 35.6 Å². The second-order valence-corrected chi connectivity index (χ2v) is 4.60. The molecule has 1 aromatic heterocycles. The Hall–Kier alpha value is -1.46. The average molecular weight is 264 g/mol. The lowest BCUT2D eigenvalue weighted by atomic mass is 10.2. The molecule has 4 nitrogen and oxygen atoms in total. The van der Waals surface area contributed by atoms with Crippen molar-refractivity contribution in [3.05, 3.63) is 41.7 Å². The van der Waals surface area contributed by atoms with Gasteiger partial charge in [0.25, 0.3) is 0 Å². The number of nitrogens with zero attached hydrogens (tertiary/aromatic N) is 2. The average Bonchev–Trinajstić information content (AvgIpc) is 2.81. The van der Waals surface area contributed by atoms with E-state index >= 15 is 0 Å². The lowest BCUT2D eigenvalue weighted by Gasteiger charge is -2.10. The molecule has 2 rings (SSSR count). The summed E-state index contributed by atoms with van der Waals surface area (Å²) in [5.41, 5.74) is 1.98. The Kier molecular flexibility index (Phi) is 4.28. The first-order valence-electron chi connectivity index (χ1n) is 5.60. The highest BCUT2D eigenvalue weighted by Gasteiger charge is 2.08. The molecule has 0 bridgehead atoms. The Bertz CT molecular complexity index is 487. The third-order valence-electron chi connectivity index (χ3n) is 2.75. The molecule has 0 spiro atoms. The number of aromatic nitrogens is 2. The van der Waals surface area contributed by atoms with E-state index in [4.69, 9.17) is 4.74 Å². The molecule has 0 aliphatic carbocycles. The monoisotopic (exact) mass is 264 g/mol. The predicted octanol–water partition coefficient (Wildman–Crippen LogP) is 2.15. The van der Waals surface area contributed by atoms with Crippen molar-refractivity contribution in [3.8, 4) is 5.75 Å². The van der Waals surface area contributed by atoms with Crippen molar-refractivity contribution in [1.82, 2.24) is 9.55 Å². The van der Waals surface area contributed by atoms with Gasteiger partial charge in [0.15, 0.2) is 5.16 Å². The van der Waals surface area contributed by atoms with Crippen LogP contribution in [0, 0.1) is 0 Å². The van der Waals surface area contributed by atoms with E-state index in [1.807, 2.05) is 35.1 Å². The zero-order valence-electron chi connectivity index (χ0n) is 10.5. The molecule has 0 amide bonds. The molecule has 0 unspecified atom stereocenters. The van der Waals surface area contributed by atoms with Gasteiger partial charge in [-0.15, -0.1) is 0 Å². The zero-order chi connectivity index (χ0) is 13.0. The van der Waals surface area contributed by atoms with Crippen molar-refractivity contribution >= 4 is 11.8 Å². The van der Waals surface area contributed by atoms with E-state index in [2.05, 4.69) is 4.98 Å².